The molecule has 0 aromatic heterocycles. The summed E-state index contributed by atoms with van der Waals surface area (Å²) < 4.78 is 5.67. The lowest BCUT2D eigenvalue weighted by molar-refractivity contribution is -0.129. The number of carbonyl (C=O) groups excluding carboxylic acids is 1. The van der Waals surface area contributed by atoms with Crippen molar-refractivity contribution in [3.63, 3.8) is 0 Å². The lowest BCUT2D eigenvalue weighted by Crippen LogP contribution is -2.42. The number of rotatable bonds is 6. The van der Waals surface area contributed by atoms with Crippen LogP contribution < -0.4 is 9.64 Å². The van der Waals surface area contributed by atoms with Crippen molar-refractivity contribution in [3.05, 3.63) is 23.3 Å². The van der Waals surface area contributed by atoms with Gasteiger partial charge in [0, 0.05) is 24.9 Å². The Morgan fingerprint density at radius 3 is 2.57 bits per heavy atom. The van der Waals surface area contributed by atoms with Crippen molar-refractivity contribution >= 4 is 11.5 Å². The Morgan fingerprint density at radius 1 is 1.14 bits per heavy atom. The Balaban J connectivity index is 1.71. The molecule has 0 radical (unpaired) electrons. The highest BCUT2D eigenvalue weighted by molar-refractivity contribution is 5.87. The number of methoxy groups -OCH3 is 1. The number of benzene rings is 1. The van der Waals surface area contributed by atoms with Crippen molar-refractivity contribution in [2.24, 2.45) is 17.3 Å². The lowest BCUT2D eigenvalue weighted by atomic mass is 9.55. The molecule has 1 aromatic carbocycles. The SMILES string of the molecule is COc1cc2c(cc1N(CCO)CCO)C1CCC3(C)C(=O)CCC3C1CC2. The number of Topliss-reactive ketones (excluding diaryl/α,β-unsaturated/α-hetero) is 1. The summed E-state index contributed by atoms with van der Waals surface area (Å²) in [7, 11) is 1.68. The first-order valence-electron chi connectivity index (χ1n) is 10.7. The second-order valence-corrected chi connectivity index (χ2v) is 8.99. The summed E-state index contributed by atoms with van der Waals surface area (Å²) in [5, 5.41) is 18.9. The van der Waals surface area contributed by atoms with Gasteiger partial charge < -0.3 is 19.8 Å². The number of hydrogen-bond acceptors (Lipinski definition) is 5. The third-order valence-corrected chi connectivity index (χ3v) is 7.81. The zero-order valence-electron chi connectivity index (χ0n) is 17.1. The van der Waals surface area contributed by atoms with Crippen LogP contribution in [-0.4, -0.2) is 49.4 Å². The first kappa shape index (κ1) is 19.7. The molecular formula is C23H33NO4. The topological polar surface area (TPSA) is 70.0 Å². The second-order valence-electron chi connectivity index (χ2n) is 8.99. The van der Waals surface area contributed by atoms with Crippen LogP contribution in [0.25, 0.3) is 0 Å². The minimum Gasteiger partial charge on any atom is -0.495 e. The molecule has 0 amide bonds. The van der Waals surface area contributed by atoms with E-state index in [4.69, 9.17) is 4.74 Å². The fourth-order valence-electron chi connectivity index (χ4n) is 6.36. The number of aliphatic hydroxyl groups is 2. The van der Waals surface area contributed by atoms with Gasteiger partial charge in [0.05, 0.1) is 26.0 Å². The van der Waals surface area contributed by atoms with Crippen LogP contribution in [0.5, 0.6) is 5.75 Å². The van der Waals surface area contributed by atoms with Crippen LogP contribution in [0.1, 0.15) is 56.1 Å². The molecule has 5 heteroatoms. The van der Waals surface area contributed by atoms with Gasteiger partial charge in [0.1, 0.15) is 11.5 Å². The third-order valence-electron chi connectivity index (χ3n) is 7.81. The van der Waals surface area contributed by atoms with Crippen molar-refractivity contribution in [2.75, 3.05) is 38.3 Å². The molecule has 4 rings (SSSR count). The third kappa shape index (κ3) is 3.03. The highest BCUT2D eigenvalue weighted by Crippen LogP contribution is 2.60. The molecule has 0 aliphatic heterocycles. The van der Waals surface area contributed by atoms with Crippen LogP contribution in [0, 0.1) is 17.3 Å². The fourth-order valence-corrected chi connectivity index (χ4v) is 6.36. The lowest BCUT2D eigenvalue weighted by Gasteiger charge is -2.48. The van der Waals surface area contributed by atoms with Crippen molar-refractivity contribution < 1.29 is 19.7 Å². The molecule has 0 saturated heterocycles. The number of fused-ring (bicyclic) bond motifs is 5. The van der Waals surface area contributed by atoms with Gasteiger partial charge in [-0.15, -0.1) is 0 Å². The quantitative estimate of drug-likeness (QED) is 0.785. The van der Waals surface area contributed by atoms with Gasteiger partial charge in [0.25, 0.3) is 0 Å². The van der Waals surface area contributed by atoms with Gasteiger partial charge in [-0.25, -0.2) is 0 Å². The van der Waals surface area contributed by atoms with E-state index in [2.05, 4.69) is 19.1 Å². The molecule has 2 N–H and O–H groups in total. The molecule has 2 fully saturated rings. The largest absolute Gasteiger partial charge is 0.495 e. The Bertz CT molecular complexity index is 742. The summed E-state index contributed by atoms with van der Waals surface area (Å²) in [6, 6.07) is 4.41. The molecule has 0 spiro atoms. The van der Waals surface area contributed by atoms with Crippen LogP contribution in [0.3, 0.4) is 0 Å². The van der Waals surface area contributed by atoms with E-state index in [1.807, 2.05) is 4.90 Å². The maximum absolute atomic E-state index is 12.6. The van der Waals surface area contributed by atoms with E-state index >= 15 is 0 Å². The van der Waals surface area contributed by atoms with E-state index < -0.39 is 0 Å². The average Bonchev–Trinajstić information content (AvgIpc) is 3.01. The normalized spacial score (nSPS) is 31.1. The Morgan fingerprint density at radius 2 is 1.89 bits per heavy atom. The zero-order valence-corrected chi connectivity index (χ0v) is 17.1. The van der Waals surface area contributed by atoms with Crippen LogP contribution in [0.4, 0.5) is 5.69 Å². The van der Waals surface area contributed by atoms with E-state index in [0.717, 1.165) is 50.0 Å². The second kappa shape index (κ2) is 7.68. The number of aryl methyl sites for hydroxylation is 1. The molecule has 1 aromatic rings. The van der Waals surface area contributed by atoms with Crippen molar-refractivity contribution in [1.82, 2.24) is 0 Å². The smallest absolute Gasteiger partial charge is 0.142 e. The summed E-state index contributed by atoms with van der Waals surface area (Å²) in [5.74, 6) is 2.90. The average molecular weight is 388 g/mol. The maximum atomic E-state index is 12.6. The number of aliphatic hydroxyl groups excluding tert-OH is 2. The monoisotopic (exact) mass is 387 g/mol. The van der Waals surface area contributed by atoms with E-state index in [0.29, 0.717) is 36.6 Å². The number of hydrogen-bond donors (Lipinski definition) is 2. The maximum Gasteiger partial charge on any atom is 0.142 e. The van der Waals surface area contributed by atoms with E-state index in [1.54, 1.807) is 7.11 Å². The minimum absolute atomic E-state index is 0.0365. The van der Waals surface area contributed by atoms with Crippen LogP contribution >= 0.6 is 0 Å². The molecule has 2 saturated carbocycles. The number of nitrogens with zero attached hydrogens (tertiary/aromatic N) is 1. The van der Waals surface area contributed by atoms with Crippen molar-refractivity contribution in [3.8, 4) is 5.75 Å². The van der Waals surface area contributed by atoms with Crippen LogP contribution in [-0.2, 0) is 11.2 Å². The van der Waals surface area contributed by atoms with Crippen LogP contribution in [0.2, 0.25) is 0 Å². The van der Waals surface area contributed by atoms with Gasteiger partial charge in [-0.3, -0.25) is 4.79 Å². The van der Waals surface area contributed by atoms with Gasteiger partial charge in [-0.2, -0.15) is 0 Å². The van der Waals surface area contributed by atoms with E-state index in [9.17, 15) is 15.0 Å². The number of ether oxygens (including phenoxy) is 1. The van der Waals surface area contributed by atoms with E-state index in [-0.39, 0.29) is 18.6 Å². The summed E-state index contributed by atoms with van der Waals surface area (Å²) in [4.78, 5) is 14.6. The molecule has 28 heavy (non-hydrogen) atoms. The fraction of sp³-hybridized carbons (Fsp3) is 0.696. The zero-order chi connectivity index (χ0) is 19.9. The molecule has 154 valence electrons. The minimum atomic E-state index is -0.103. The van der Waals surface area contributed by atoms with Gasteiger partial charge in [0.2, 0.25) is 0 Å². The first-order chi connectivity index (χ1) is 13.5. The van der Waals surface area contributed by atoms with E-state index in [1.165, 1.54) is 11.1 Å². The predicted octanol–water partition coefficient (Wildman–Crippen LogP) is 2.91. The molecule has 0 bridgehead atoms. The van der Waals surface area contributed by atoms with Gasteiger partial charge in [0.15, 0.2) is 0 Å². The van der Waals surface area contributed by atoms with Crippen molar-refractivity contribution in [2.45, 2.75) is 51.4 Å². The van der Waals surface area contributed by atoms with Gasteiger partial charge in [-0.05, 0) is 73.1 Å². The molecule has 3 aliphatic carbocycles. The predicted molar refractivity (Wildman–Crippen MR) is 109 cm³/mol. The molecular weight excluding hydrogens is 354 g/mol. The van der Waals surface area contributed by atoms with Crippen molar-refractivity contribution in [1.29, 1.82) is 0 Å². The standard InChI is InChI=1S/C23H33NO4/c1-23-8-7-16-17(19(23)5-6-22(23)27)4-3-15-13-21(28-2)20(14-18(15)16)24(9-11-25)10-12-26/h13-14,16-17,19,25-26H,3-12H2,1-2H3. The Hall–Kier alpha value is -1.59. The van der Waals surface area contributed by atoms with Crippen LogP contribution in [0.15, 0.2) is 12.1 Å². The first-order valence-corrected chi connectivity index (χ1v) is 10.7. The Kier molecular flexibility index (Phi) is 5.41. The summed E-state index contributed by atoms with van der Waals surface area (Å²) in [5.41, 5.74) is 3.62. The summed E-state index contributed by atoms with van der Waals surface area (Å²) in [6.07, 6.45) is 6.07. The van der Waals surface area contributed by atoms with Gasteiger partial charge >= 0.3 is 0 Å². The van der Waals surface area contributed by atoms with Gasteiger partial charge in [-0.1, -0.05) is 6.92 Å². The number of anilines is 1. The number of ketones is 1. The molecule has 3 aliphatic rings. The highest BCUT2D eigenvalue weighted by Gasteiger charge is 2.54. The molecule has 0 heterocycles. The molecule has 4 atom stereocenters. The highest BCUT2D eigenvalue weighted by atomic mass is 16.5. The summed E-state index contributed by atoms with van der Waals surface area (Å²) >= 11 is 0. The Labute approximate surface area is 167 Å². The number of carbonyl (C=O) groups is 1. The molecule has 5 nitrogen and oxygen atoms in total. The molecule has 4 unspecified atom stereocenters. The summed E-state index contributed by atoms with van der Waals surface area (Å²) in [6.45, 7) is 3.23.